The third-order valence-electron chi connectivity index (χ3n) is 2.94. The number of aromatic nitrogens is 3. The fourth-order valence-corrected chi connectivity index (χ4v) is 1.88. The van der Waals surface area contributed by atoms with E-state index in [1.54, 1.807) is 24.5 Å². The highest BCUT2D eigenvalue weighted by molar-refractivity contribution is 5.94. The van der Waals surface area contributed by atoms with Crippen LogP contribution in [0.1, 0.15) is 23.1 Å². The number of pyridine rings is 1. The zero-order valence-corrected chi connectivity index (χ0v) is 11.8. The minimum Gasteiger partial charge on any atom is -0.370 e. The Labute approximate surface area is 118 Å². The predicted octanol–water partition coefficient (Wildman–Crippen LogP) is 1.22. The van der Waals surface area contributed by atoms with Crippen molar-refractivity contribution in [3.05, 3.63) is 42.1 Å². The van der Waals surface area contributed by atoms with Gasteiger partial charge in [0.2, 0.25) is 0 Å². The smallest absolute Gasteiger partial charge is 0.251 e. The van der Waals surface area contributed by atoms with Crippen LogP contribution in [-0.4, -0.2) is 33.5 Å². The van der Waals surface area contributed by atoms with Crippen LogP contribution in [0.4, 0.5) is 5.82 Å². The van der Waals surface area contributed by atoms with Crippen LogP contribution < -0.4 is 10.6 Å². The lowest BCUT2D eigenvalue weighted by molar-refractivity contribution is 0.0954. The van der Waals surface area contributed by atoms with E-state index in [1.165, 1.54) is 0 Å². The molecule has 6 nitrogen and oxygen atoms in total. The highest BCUT2D eigenvalue weighted by atomic mass is 16.1. The van der Waals surface area contributed by atoms with E-state index in [-0.39, 0.29) is 5.91 Å². The van der Waals surface area contributed by atoms with Crippen molar-refractivity contribution in [3.8, 4) is 0 Å². The van der Waals surface area contributed by atoms with Gasteiger partial charge in [-0.2, -0.15) is 0 Å². The normalized spacial score (nSPS) is 10.3. The highest BCUT2D eigenvalue weighted by Crippen LogP contribution is 2.06. The lowest BCUT2D eigenvalue weighted by atomic mass is 10.2. The molecule has 0 unspecified atom stereocenters. The molecule has 0 saturated carbocycles. The zero-order chi connectivity index (χ0) is 14.4. The van der Waals surface area contributed by atoms with Gasteiger partial charge in [0.1, 0.15) is 11.6 Å². The summed E-state index contributed by atoms with van der Waals surface area (Å²) in [5.74, 6) is 1.57. The van der Waals surface area contributed by atoms with Crippen molar-refractivity contribution in [2.45, 2.75) is 13.3 Å². The van der Waals surface area contributed by atoms with E-state index in [0.717, 1.165) is 12.4 Å². The molecule has 2 aromatic rings. The summed E-state index contributed by atoms with van der Waals surface area (Å²) in [6.07, 6.45) is 5.98. The van der Waals surface area contributed by atoms with Gasteiger partial charge in [-0.15, -0.1) is 0 Å². The standard InChI is InChI=1S/C14H19N5O/c1-3-15-12-10-11(4-6-16-12)14(20)18-7-5-13-17-8-9-19(13)2/h4,6,8-10H,3,5,7H2,1-2H3,(H,15,16)(H,18,20). The van der Waals surface area contributed by atoms with Gasteiger partial charge in [0, 0.05) is 50.7 Å². The van der Waals surface area contributed by atoms with E-state index in [4.69, 9.17) is 0 Å². The Hall–Kier alpha value is -2.37. The Morgan fingerprint density at radius 2 is 2.20 bits per heavy atom. The minimum absolute atomic E-state index is 0.0965. The SMILES string of the molecule is CCNc1cc(C(=O)NCCc2nccn2C)ccn1. The number of nitrogens with zero attached hydrogens (tertiary/aromatic N) is 3. The first-order valence-corrected chi connectivity index (χ1v) is 6.65. The quantitative estimate of drug-likeness (QED) is 0.830. The van der Waals surface area contributed by atoms with Gasteiger partial charge >= 0.3 is 0 Å². The largest absolute Gasteiger partial charge is 0.370 e. The summed E-state index contributed by atoms with van der Waals surface area (Å²) in [7, 11) is 1.94. The van der Waals surface area contributed by atoms with Crippen LogP contribution in [0.2, 0.25) is 0 Å². The molecule has 0 aromatic carbocycles. The first-order valence-electron chi connectivity index (χ1n) is 6.65. The van der Waals surface area contributed by atoms with Crippen molar-refractivity contribution >= 4 is 11.7 Å². The van der Waals surface area contributed by atoms with Crippen molar-refractivity contribution in [2.75, 3.05) is 18.4 Å². The van der Waals surface area contributed by atoms with Crippen LogP contribution >= 0.6 is 0 Å². The number of hydrogen-bond acceptors (Lipinski definition) is 4. The molecule has 0 atom stereocenters. The molecular formula is C14H19N5O. The van der Waals surface area contributed by atoms with Crippen molar-refractivity contribution in [1.29, 1.82) is 0 Å². The maximum atomic E-state index is 12.0. The molecule has 2 aromatic heterocycles. The lowest BCUT2D eigenvalue weighted by Crippen LogP contribution is -2.26. The Morgan fingerprint density at radius 3 is 2.90 bits per heavy atom. The summed E-state index contributed by atoms with van der Waals surface area (Å²) in [4.78, 5) is 20.4. The molecule has 1 amide bonds. The molecule has 6 heteroatoms. The average Bonchev–Trinajstić information content (AvgIpc) is 2.85. The molecule has 2 heterocycles. The van der Waals surface area contributed by atoms with Gasteiger partial charge in [-0.25, -0.2) is 9.97 Å². The van der Waals surface area contributed by atoms with Gasteiger partial charge in [-0.3, -0.25) is 4.79 Å². The van der Waals surface area contributed by atoms with E-state index in [1.807, 2.05) is 24.7 Å². The number of carbonyl (C=O) groups excluding carboxylic acids is 1. The molecule has 0 radical (unpaired) electrons. The Kier molecular flexibility index (Phi) is 4.70. The summed E-state index contributed by atoms with van der Waals surface area (Å²) < 4.78 is 1.95. The van der Waals surface area contributed by atoms with Crippen LogP contribution in [0.25, 0.3) is 0 Å². The van der Waals surface area contributed by atoms with E-state index in [2.05, 4.69) is 20.6 Å². The number of imidazole rings is 1. The second kappa shape index (κ2) is 6.70. The fraction of sp³-hybridized carbons (Fsp3) is 0.357. The third kappa shape index (κ3) is 3.57. The van der Waals surface area contributed by atoms with E-state index in [9.17, 15) is 4.79 Å². The maximum Gasteiger partial charge on any atom is 0.251 e. The summed E-state index contributed by atoms with van der Waals surface area (Å²) in [5, 5.41) is 5.97. The maximum absolute atomic E-state index is 12.0. The molecule has 0 bridgehead atoms. The van der Waals surface area contributed by atoms with Crippen LogP contribution in [0.5, 0.6) is 0 Å². The van der Waals surface area contributed by atoms with Crippen molar-refractivity contribution in [1.82, 2.24) is 19.9 Å². The highest BCUT2D eigenvalue weighted by Gasteiger charge is 2.07. The second-order valence-corrected chi connectivity index (χ2v) is 4.42. The van der Waals surface area contributed by atoms with Crippen LogP contribution in [0, 0.1) is 0 Å². The summed E-state index contributed by atoms with van der Waals surface area (Å²) in [6.45, 7) is 3.32. The van der Waals surface area contributed by atoms with Crippen molar-refractivity contribution in [2.24, 2.45) is 7.05 Å². The average molecular weight is 273 g/mol. The topological polar surface area (TPSA) is 71.8 Å². The first kappa shape index (κ1) is 14.0. The molecule has 0 aliphatic carbocycles. The van der Waals surface area contributed by atoms with Crippen molar-refractivity contribution in [3.63, 3.8) is 0 Å². The number of aryl methyl sites for hydroxylation is 1. The van der Waals surface area contributed by atoms with Gasteiger partial charge in [0.15, 0.2) is 0 Å². The Morgan fingerprint density at radius 1 is 1.35 bits per heavy atom. The van der Waals surface area contributed by atoms with E-state index >= 15 is 0 Å². The molecule has 0 fully saturated rings. The fourth-order valence-electron chi connectivity index (χ4n) is 1.88. The molecule has 0 saturated heterocycles. The molecular weight excluding hydrogens is 254 g/mol. The molecule has 0 aliphatic rings. The van der Waals surface area contributed by atoms with Gasteiger partial charge in [-0.1, -0.05) is 0 Å². The minimum atomic E-state index is -0.0965. The zero-order valence-electron chi connectivity index (χ0n) is 11.8. The molecule has 20 heavy (non-hydrogen) atoms. The lowest BCUT2D eigenvalue weighted by Gasteiger charge is -2.07. The van der Waals surface area contributed by atoms with Gasteiger partial charge < -0.3 is 15.2 Å². The van der Waals surface area contributed by atoms with Gasteiger partial charge in [-0.05, 0) is 19.1 Å². The number of hydrogen-bond donors (Lipinski definition) is 2. The Balaban J connectivity index is 1.88. The number of nitrogens with one attached hydrogen (secondary N) is 2. The van der Waals surface area contributed by atoms with E-state index < -0.39 is 0 Å². The number of rotatable bonds is 6. The molecule has 0 spiro atoms. The molecule has 0 aliphatic heterocycles. The van der Waals surface area contributed by atoms with Crippen LogP contribution in [0.3, 0.4) is 0 Å². The predicted molar refractivity (Wildman–Crippen MR) is 77.6 cm³/mol. The Bertz CT molecular complexity index is 578. The third-order valence-corrected chi connectivity index (χ3v) is 2.94. The molecule has 2 rings (SSSR count). The monoisotopic (exact) mass is 273 g/mol. The number of anilines is 1. The van der Waals surface area contributed by atoms with Crippen molar-refractivity contribution < 1.29 is 4.79 Å². The summed E-state index contributed by atoms with van der Waals surface area (Å²) >= 11 is 0. The summed E-state index contributed by atoms with van der Waals surface area (Å²) in [6, 6.07) is 3.45. The number of carbonyl (C=O) groups is 1. The van der Waals surface area contributed by atoms with Gasteiger partial charge in [0.25, 0.3) is 5.91 Å². The molecule has 106 valence electrons. The molecule has 2 N–H and O–H groups in total. The van der Waals surface area contributed by atoms with Crippen LogP contribution in [-0.2, 0) is 13.5 Å². The number of amides is 1. The van der Waals surface area contributed by atoms with E-state index in [0.29, 0.717) is 24.3 Å². The van der Waals surface area contributed by atoms with Crippen LogP contribution in [0.15, 0.2) is 30.7 Å². The van der Waals surface area contributed by atoms with Gasteiger partial charge in [0.05, 0.1) is 0 Å². The first-order chi connectivity index (χ1) is 9.70. The second-order valence-electron chi connectivity index (χ2n) is 4.42. The summed E-state index contributed by atoms with van der Waals surface area (Å²) in [5.41, 5.74) is 0.607.